The van der Waals surface area contributed by atoms with Gasteiger partial charge < -0.3 is 20.1 Å². The first-order valence-electron chi connectivity index (χ1n) is 6.39. The molecule has 0 aliphatic carbocycles. The third-order valence-electron chi connectivity index (χ3n) is 2.64. The number of hydrogen-bond acceptors (Lipinski definition) is 4. The molecule has 0 aliphatic rings. The molecule has 0 fully saturated rings. The van der Waals surface area contributed by atoms with E-state index in [1.54, 1.807) is 32.4 Å². The van der Waals surface area contributed by atoms with Gasteiger partial charge >= 0.3 is 11.8 Å². The zero-order valence-electron chi connectivity index (χ0n) is 12.0. The van der Waals surface area contributed by atoms with E-state index >= 15 is 0 Å². The van der Waals surface area contributed by atoms with Crippen LogP contribution in [-0.2, 0) is 16.1 Å². The van der Waals surface area contributed by atoms with Crippen LogP contribution >= 0.6 is 0 Å². The van der Waals surface area contributed by atoms with E-state index in [0.717, 1.165) is 12.0 Å². The standard InChI is InChI=1S/C14H20N2O4/c1-4-7-15-13(17)14(18)16-9-10-5-6-11(19-2)12(8-10)20-3/h5-6,8H,4,7,9H2,1-3H3,(H,15,17)(H,16,18). The van der Waals surface area contributed by atoms with Gasteiger partial charge in [0.15, 0.2) is 11.5 Å². The molecule has 0 unspecified atom stereocenters. The largest absolute Gasteiger partial charge is 0.493 e. The van der Waals surface area contributed by atoms with Crippen LogP contribution in [0.5, 0.6) is 11.5 Å². The summed E-state index contributed by atoms with van der Waals surface area (Å²) in [6.07, 6.45) is 0.786. The molecule has 0 radical (unpaired) electrons. The van der Waals surface area contributed by atoms with Crippen LogP contribution in [0.4, 0.5) is 0 Å². The summed E-state index contributed by atoms with van der Waals surface area (Å²) >= 11 is 0. The molecule has 6 heteroatoms. The van der Waals surface area contributed by atoms with Gasteiger partial charge in [-0.15, -0.1) is 0 Å². The number of carbonyl (C=O) groups is 2. The molecule has 2 amide bonds. The summed E-state index contributed by atoms with van der Waals surface area (Å²) in [7, 11) is 3.09. The van der Waals surface area contributed by atoms with Crippen LogP contribution in [0.1, 0.15) is 18.9 Å². The molecule has 110 valence electrons. The van der Waals surface area contributed by atoms with Crippen molar-refractivity contribution in [2.24, 2.45) is 0 Å². The van der Waals surface area contributed by atoms with E-state index in [9.17, 15) is 9.59 Å². The molecule has 0 saturated carbocycles. The molecular formula is C14H20N2O4. The Labute approximate surface area is 118 Å². The second-order valence-corrected chi connectivity index (χ2v) is 4.13. The maximum Gasteiger partial charge on any atom is 0.309 e. The highest BCUT2D eigenvalue weighted by Crippen LogP contribution is 2.27. The van der Waals surface area contributed by atoms with Crippen LogP contribution in [0.3, 0.4) is 0 Å². The third-order valence-corrected chi connectivity index (χ3v) is 2.64. The number of rotatable bonds is 6. The number of carbonyl (C=O) groups excluding carboxylic acids is 2. The Morgan fingerprint density at radius 2 is 1.70 bits per heavy atom. The molecule has 0 saturated heterocycles. The van der Waals surface area contributed by atoms with Crippen LogP contribution in [0, 0.1) is 0 Å². The Balaban J connectivity index is 2.57. The highest BCUT2D eigenvalue weighted by Gasteiger charge is 2.12. The number of amides is 2. The van der Waals surface area contributed by atoms with E-state index in [-0.39, 0.29) is 6.54 Å². The number of hydrogen-bond donors (Lipinski definition) is 2. The zero-order valence-corrected chi connectivity index (χ0v) is 12.0. The molecule has 6 nitrogen and oxygen atoms in total. The molecule has 0 bridgehead atoms. The molecule has 20 heavy (non-hydrogen) atoms. The predicted molar refractivity (Wildman–Crippen MR) is 74.7 cm³/mol. The van der Waals surface area contributed by atoms with Gasteiger partial charge in [-0.25, -0.2) is 0 Å². The van der Waals surface area contributed by atoms with E-state index in [1.807, 2.05) is 6.92 Å². The van der Waals surface area contributed by atoms with Crippen molar-refractivity contribution >= 4 is 11.8 Å². The van der Waals surface area contributed by atoms with Crippen LogP contribution in [0.2, 0.25) is 0 Å². The Morgan fingerprint density at radius 1 is 1.05 bits per heavy atom. The smallest absolute Gasteiger partial charge is 0.309 e. The molecule has 0 spiro atoms. The molecular weight excluding hydrogens is 260 g/mol. The lowest BCUT2D eigenvalue weighted by Crippen LogP contribution is -2.39. The SMILES string of the molecule is CCCNC(=O)C(=O)NCc1ccc(OC)c(OC)c1. The highest BCUT2D eigenvalue weighted by atomic mass is 16.5. The molecule has 0 heterocycles. The van der Waals surface area contributed by atoms with Gasteiger partial charge in [0.1, 0.15) is 0 Å². The Kier molecular flexibility index (Phi) is 6.36. The Hall–Kier alpha value is -2.24. The molecule has 0 aromatic heterocycles. The predicted octanol–water partition coefficient (Wildman–Crippen LogP) is 0.846. The van der Waals surface area contributed by atoms with Gasteiger partial charge in [0.05, 0.1) is 14.2 Å². The second kappa shape index (κ2) is 8.04. The minimum atomic E-state index is -0.645. The van der Waals surface area contributed by atoms with E-state index in [1.165, 1.54) is 0 Å². The van der Waals surface area contributed by atoms with Crippen molar-refractivity contribution in [2.45, 2.75) is 19.9 Å². The summed E-state index contributed by atoms with van der Waals surface area (Å²) < 4.78 is 10.3. The summed E-state index contributed by atoms with van der Waals surface area (Å²) in [5.74, 6) is -0.0708. The maximum absolute atomic E-state index is 11.5. The minimum absolute atomic E-state index is 0.249. The van der Waals surface area contributed by atoms with Crippen molar-refractivity contribution < 1.29 is 19.1 Å². The minimum Gasteiger partial charge on any atom is -0.493 e. The molecule has 1 aromatic rings. The van der Waals surface area contributed by atoms with Crippen LogP contribution in [0.15, 0.2) is 18.2 Å². The van der Waals surface area contributed by atoms with Gasteiger partial charge in [-0.3, -0.25) is 9.59 Å². The monoisotopic (exact) mass is 280 g/mol. The molecule has 0 aliphatic heterocycles. The number of methoxy groups -OCH3 is 2. The third kappa shape index (κ3) is 4.46. The number of ether oxygens (including phenoxy) is 2. The number of benzene rings is 1. The van der Waals surface area contributed by atoms with Crippen molar-refractivity contribution in [3.05, 3.63) is 23.8 Å². The van der Waals surface area contributed by atoms with Crippen LogP contribution < -0.4 is 20.1 Å². The highest BCUT2D eigenvalue weighted by molar-refractivity contribution is 6.35. The van der Waals surface area contributed by atoms with E-state index < -0.39 is 11.8 Å². The summed E-state index contributed by atoms with van der Waals surface area (Å²) in [5, 5.41) is 5.06. The lowest BCUT2D eigenvalue weighted by atomic mass is 10.2. The first-order valence-corrected chi connectivity index (χ1v) is 6.39. The van der Waals surface area contributed by atoms with Gasteiger partial charge in [0.2, 0.25) is 0 Å². The molecule has 1 aromatic carbocycles. The number of nitrogens with one attached hydrogen (secondary N) is 2. The fraction of sp³-hybridized carbons (Fsp3) is 0.429. The van der Waals surface area contributed by atoms with Gasteiger partial charge in [-0.05, 0) is 24.1 Å². The Morgan fingerprint density at radius 3 is 2.30 bits per heavy atom. The first kappa shape index (κ1) is 15.8. The van der Waals surface area contributed by atoms with Gasteiger partial charge in [0, 0.05) is 13.1 Å². The summed E-state index contributed by atoms with van der Waals surface area (Å²) in [6, 6.07) is 5.30. The topological polar surface area (TPSA) is 76.7 Å². The fourth-order valence-electron chi connectivity index (χ4n) is 1.57. The lowest BCUT2D eigenvalue weighted by molar-refractivity contribution is -0.139. The molecule has 1 rings (SSSR count). The van der Waals surface area contributed by atoms with Crippen molar-refractivity contribution in [2.75, 3.05) is 20.8 Å². The summed E-state index contributed by atoms with van der Waals surface area (Å²) in [5.41, 5.74) is 0.819. The summed E-state index contributed by atoms with van der Waals surface area (Å²) in [4.78, 5) is 22.9. The second-order valence-electron chi connectivity index (χ2n) is 4.13. The van der Waals surface area contributed by atoms with E-state index in [2.05, 4.69) is 10.6 Å². The first-order chi connectivity index (χ1) is 9.62. The molecule has 2 N–H and O–H groups in total. The van der Waals surface area contributed by atoms with Gasteiger partial charge in [-0.2, -0.15) is 0 Å². The maximum atomic E-state index is 11.5. The fourth-order valence-corrected chi connectivity index (χ4v) is 1.57. The van der Waals surface area contributed by atoms with E-state index in [4.69, 9.17) is 9.47 Å². The molecule has 0 atom stereocenters. The normalized spacial score (nSPS) is 9.75. The van der Waals surface area contributed by atoms with Gasteiger partial charge in [0.25, 0.3) is 0 Å². The van der Waals surface area contributed by atoms with Crippen molar-refractivity contribution in [3.63, 3.8) is 0 Å². The summed E-state index contributed by atoms with van der Waals surface area (Å²) in [6.45, 7) is 2.66. The zero-order chi connectivity index (χ0) is 15.0. The van der Waals surface area contributed by atoms with Crippen molar-refractivity contribution in [3.8, 4) is 11.5 Å². The average molecular weight is 280 g/mol. The lowest BCUT2D eigenvalue weighted by Gasteiger charge is -2.10. The Bertz CT molecular complexity index is 474. The quantitative estimate of drug-likeness (QED) is 0.757. The van der Waals surface area contributed by atoms with Crippen molar-refractivity contribution in [1.29, 1.82) is 0 Å². The van der Waals surface area contributed by atoms with Crippen LogP contribution in [-0.4, -0.2) is 32.6 Å². The van der Waals surface area contributed by atoms with Gasteiger partial charge in [-0.1, -0.05) is 13.0 Å². The van der Waals surface area contributed by atoms with E-state index in [0.29, 0.717) is 18.0 Å². The average Bonchev–Trinajstić information content (AvgIpc) is 2.49. The van der Waals surface area contributed by atoms with Crippen LogP contribution in [0.25, 0.3) is 0 Å². The van der Waals surface area contributed by atoms with Crippen molar-refractivity contribution in [1.82, 2.24) is 10.6 Å².